The van der Waals surface area contributed by atoms with Gasteiger partial charge in [-0.2, -0.15) is 0 Å². The highest BCUT2D eigenvalue weighted by atomic mass is 16.7. The molecule has 0 spiro atoms. The lowest BCUT2D eigenvalue weighted by Gasteiger charge is -2.36. The van der Waals surface area contributed by atoms with Crippen molar-refractivity contribution >= 4 is 5.91 Å². The second-order valence-corrected chi connectivity index (χ2v) is 5.22. The lowest BCUT2D eigenvalue weighted by molar-refractivity contribution is 0.0669. The maximum absolute atomic E-state index is 12.6. The van der Waals surface area contributed by atoms with E-state index in [0.29, 0.717) is 42.2 Å². The molecule has 2 atom stereocenters. The highest BCUT2D eigenvalue weighted by Gasteiger charge is 2.29. The molecule has 19 heavy (non-hydrogen) atoms. The van der Waals surface area contributed by atoms with E-state index in [0.717, 1.165) is 0 Å². The maximum atomic E-state index is 12.6. The first-order chi connectivity index (χ1) is 9.15. The van der Waals surface area contributed by atoms with Crippen LogP contribution in [0.3, 0.4) is 0 Å². The molecule has 2 aliphatic heterocycles. The highest BCUT2D eigenvalue weighted by Crippen LogP contribution is 2.36. The largest absolute Gasteiger partial charge is 0.454 e. The maximum Gasteiger partial charge on any atom is 0.257 e. The van der Waals surface area contributed by atoms with Crippen LogP contribution in [0.25, 0.3) is 0 Å². The van der Waals surface area contributed by atoms with Crippen LogP contribution >= 0.6 is 0 Å². The van der Waals surface area contributed by atoms with Crippen molar-refractivity contribution < 1.29 is 14.3 Å². The molecule has 1 aromatic carbocycles. The Morgan fingerprint density at radius 2 is 2.00 bits per heavy atom. The van der Waals surface area contributed by atoms with Gasteiger partial charge in [0.25, 0.3) is 5.91 Å². The van der Waals surface area contributed by atoms with Crippen LogP contribution in [0, 0.1) is 0 Å². The molecule has 0 unspecified atom stereocenters. The van der Waals surface area contributed by atoms with Crippen molar-refractivity contribution in [1.29, 1.82) is 0 Å². The lowest BCUT2D eigenvalue weighted by atomic mass is 10.1. The molecule has 1 N–H and O–H groups in total. The van der Waals surface area contributed by atoms with Crippen LogP contribution in [0.5, 0.6) is 11.5 Å². The van der Waals surface area contributed by atoms with Gasteiger partial charge in [-0.05, 0) is 26.0 Å². The summed E-state index contributed by atoms with van der Waals surface area (Å²) in [4.78, 5) is 14.5. The third-order valence-corrected chi connectivity index (χ3v) is 3.47. The Balaban J connectivity index is 1.86. The number of nitrogens with zero attached hydrogens (tertiary/aromatic N) is 1. The van der Waals surface area contributed by atoms with Crippen LogP contribution in [0.2, 0.25) is 0 Å². The van der Waals surface area contributed by atoms with Gasteiger partial charge in [0, 0.05) is 25.2 Å². The van der Waals surface area contributed by atoms with Crippen molar-refractivity contribution in [3.05, 3.63) is 23.8 Å². The van der Waals surface area contributed by atoms with Crippen LogP contribution in [0.1, 0.15) is 24.2 Å². The van der Waals surface area contributed by atoms with Gasteiger partial charge >= 0.3 is 0 Å². The fraction of sp³-hybridized carbons (Fsp3) is 0.500. The predicted molar refractivity (Wildman–Crippen MR) is 70.5 cm³/mol. The lowest BCUT2D eigenvalue weighted by Crippen LogP contribution is -2.55. The van der Waals surface area contributed by atoms with E-state index in [1.807, 2.05) is 17.0 Å². The molecule has 1 saturated heterocycles. The van der Waals surface area contributed by atoms with Crippen molar-refractivity contribution in [2.24, 2.45) is 0 Å². The molecular formula is C14H18N2O3. The molecule has 1 aromatic rings. The number of fused-ring (bicyclic) bond motifs is 1. The summed E-state index contributed by atoms with van der Waals surface area (Å²) >= 11 is 0. The van der Waals surface area contributed by atoms with E-state index in [-0.39, 0.29) is 12.7 Å². The average Bonchev–Trinajstić information content (AvgIpc) is 2.84. The third kappa shape index (κ3) is 2.26. The normalized spacial score (nSPS) is 25.5. The summed E-state index contributed by atoms with van der Waals surface area (Å²) in [5, 5.41) is 3.42. The van der Waals surface area contributed by atoms with Crippen LogP contribution < -0.4 is 14.8 Å². The van der Waals surface area contributed by atoms with Crippen LogP contribution in [0.4, 0.5) is 0 Å². The Morgan fingerprint density at radius 3 is 2.74 bits per heavy atom. The second kappa shape index (κ2) is 4.74. The standard InChI is InChI=1S/C14H18N2O3/c1-9-6-16(7-10(2)15-9)14(17)11-4-3-5-12-13(11)19-8-18-12/h3-5,9-10,15H,6-8H2,1-2H3/t9-,10+. The second-order valence-electron chi connectivity index (χ2n) is 5.22. The topological polar surface area (TPSA) is 50.8 Å². The number of piperazine rings is 1. The van der Waals surface area contributed by atoms with Gasteiger partial charge in [-0.15, -0.1) is 0 Å². The molecule has 1 amide bonds. The molecule has 3 rings (SSSR count). The number of nitrogens with one attached hydrogen (secondary N) is 1. The minimum Gasteiger partial charge on any atom is -0.454 e. The fourth-order valence-electron chi connectivity index (χ4n) is 2.76. The van der Waals surface area contributed by atoms with Crippen molar-refractivity contribution in [3.8, 4) is 11.5 Å². The van der Waals surface area contributed by atoms with Crippen LogP contribution in [0.15, 0.2) is 18.2 Å². The zero-order chi connectivity index (χ0) is 13.4. The summed E-state index contributed by atoms with van der Waals surface area (Å²) in [6, 6.07) is 6.06. The first-order valence-electron chi connectivity index (χ1n) is 6.59. The van der Waals surface area contributed by atoms with Gasteiger partial charge in [-0.1, -0.05) is 6.07 Å². The number of ether oxygens (including phenoxy) is 2. The SMILES string of the molecule is C[C@@H]1CN(C(=O)c2cccc3c2OCO3)C[C@H](C)N1. The monoisotopic (exact) mass is 262 g/mol. The van der Waals surface area contributed by atoms with Gasteiger partial charge in [0.05, 0.1) is 5.56 Å². The predicted octanol–water partition coefficient (Wildman–Crippen LogP) is 1.24. The number of rotatable bonds is 1. The number of carbonyl (C=O) groups is 1. The van der Waals surface area contributed by atoms with Crippen molar-refractivity contribution in [3.63, 3.8) is 0 Å². The number of para-hydroxylation sites is 1. The first kappa shape index (κ1) is 12.3. The Hall–Kier alpha value is -1.75. The molecule has 5 heteroatoms. The van der Waals surface area contributed by atoms with Crippen LogP contribution in [-0.2, 0) is 0 Å². The van der Waals surface area contributed by atoms with Gasteiger partial charge in [-0.25, -0.2) is 0 Å². The molecule has 102 valence electrons. The van der Waals surface area contributed by atoms with Gasteiger partial charge < -0.3 is 19.7 Å². The summed E-state index contributed by atoms with van der Waals surface area (Å²) in [6.07, 6.45) is 0. The molecular weight excluding hydrogens is 244 g/mol. The molecule has 5 nitrogen and oxygen atoms in total. The van der Waals surface area contributed by atoms with Gasteiger partial charge in [-0.3, -0.25) is 4.79 Å². The molecule has 0 aliphatic carbocycles. The molecule has 2 heterocycles. The Labute approximate surface area is 112 Å². The van der Waals surface area contributed by atoms with Crippen molar-refractivity contribution in [2.45, 2.75) is 25.9 Å². The van der Waals surface area contributed by atoms with E-state index >= 15 is 0 Å². The van der Waals surface area contributed by atoms with E-state index in [2.05, 4.69) is 19.2 Å². The molecule has 0 radical (unpaired) electrons. The smallest absolute Gasteiger partial charge is 0.257 e. The first-order valence-corrected chi connectivity index (χ1v) is 6.59. The zero-order valence-corrected chi connectivity index (χ0v) is 11.2. The van der Waals surface area contributed by atoms with Crippen LogP contribution in [-0.4, -0.2) is 42.8 Å². The minimum atomic E-state index is 0.0163. The number of benzene rings is 1. The van der Waals surface area contributed by atoms with Crippen molar-refractivity contribution in [2.75, 3.05) is 19.9 Å². The Bertz CT molecular complexity index is 493. The summed E-state index contributed by atoms with van der Waals surface area (Å²) in [7, 11) is 0. The van der Waals surface area contributed by atoms with Gasteiger partial charge in [0.15, 0.2) is 11.5 Å². The van der Waals surface area contributed by atoms with Crippen molar-refractivity contribution in [1.82, 2.24) is 10.2 Å². The fourth-order valence-corrected chi connectivity index (χ4v) is 2.76. The van der Waals surface area contributed by atoms with E-state index in [4.69, 9.17) is 9.47 Å². The summed E-state index contributed by atoms with van der Waals surface area (Å²) in [6.45, 7) is 5.80. The zero-order valence-electron chi connectivity index (χ0n) is 11.2. The van der Waals surface area contributed by atoms with Gasteiger partial charge in [0.2, 0.25) is 6.79 Å². The minimum absolute atomic E-state index is 0.0163. The average molecular weight is 262 g/mol. The third-order valence-electron chi connectivity index (χ3n) is 3.47. The molecule has 0 bridgehead atoms. The number of hydrogen-bond donors (Lipinski definition) is 1. The number of carbonyl (C=O) groups excluding carboxylic acids is 1. The molecule has 0 saturated carbocycles. The van der Waals surface area contributed by atoms with E-state index < -0.39 is 0 Å². The molecule has 2 aliphatic rings. The quantitative estimate of drug-likeness (QED) is 0.827. The molecule has 0 aromatic heterocycles. The summed E-state index contributed by atoms with van der Waals surface area (Å²) in [5.41, 5.74) is 0.594. The number of hydrogen-bond acceptors (Lipinski definition) is 4. The Morgan fingerprint density at radius 1 is 1.26 bits per heavy atom. The van der Waals surface area contributed by atoms with E-state index in [1.165, 1.54) is 0 Å². The highest BCUT2D eigenvalue weighted by molar-refractivity contribution is 5.98. The van der Waals surface area contributed by atoms with E-state index in [1.54, 1.807) is 6.07 Å². The van der Waals surface area contributed by atoms with Gasteiger partial charge in [0.1, 0.15) is 0 Å². The Kier molecular flexibility index (Phi) is 3.06. The summed E-state index contributed by atoms with van der Waals surface area (Å²) in [5.74, 6) is 1.25. The number of amides is 1. The molecule has 1 fully saturated rings. The summed E-state index contributed by atoms with van der Waals surface area (Å²) < 4.78 is 10.7. The van der Waals surface area contributed by atoms with E-state index in [9.17, 15) is 4.79 Å².